The summed E-state index contributed by atoms with van der Waals surface area (Å²) in [5, 5.41) is 14.0. The van der Waals surface area contributed by atoms with Crippen LogP contribution in [-0.4, -0.2) is 5.11 Å². The van der Waals surface area contributed by atoms with Crippen molar-refractivity contribution in [1.82, 2.24) is 0 Å². The summed E-state index contributed by atoms with van der Waals surface area (Å²) in [5.74, 6) is 0. The molecule has 0 saturated carbocycles. The largest absolute Gasteiger partial charge is 0.383 e. The van der Waals surface area contributed by atoms with E-state index in [4.69, 9.17) is 0 Å². The molecule has 0 aliphatic carbocycles. The van der Waals surface area contributed by atoms with E-state index in [9.17, 15) is 5.11 Å². The quantitative estimate of drug-likeness (QED) is 0.887. The lowest BCUT2D eigenvalue weighted by molar-refractivity contribution is 0.224. The van der Waals surface area contributed by atoms with Crippen LogP contribution < -0.4 is 0 Å². The van der Waals surface area contributed by atoms with Crippen molar-refractivity contribution in [3.63, 3.8) is 0 Å². The van der Waals surface area contributed by atoms with Crippen molar-refractivity contribution in [1.29, 1.82) is 0 Å². The van der Waals surface area contributed by atoms with Crippen molar-refractivity contribution < 1.29 is 5.11 Å². The van der Waals surface area contributed by atoms with E-state index < -0.39 is 6.10 Å². The Bertz CT molecular complexity index is 400. The Morgan fingerprint density at radius 3 is 2.79 bits per heavy atom. The molecule has 1 unspecified atom stereocenters. The van der Waals surface area contributed by atoms with Crippen LogP contribution >= 0.6 is 38.6 Å². The van der Waals surface area contributed by atoms with Crippen LogP contribution in [0.2, 0.25) is 0 Å². The SMILES string of the molecule is Cc1sc(C(O)c2ccsc2)cc1Br. The number of aliphatic hydroxyl groups excluding tert-OH is 1. The zero-order valence-electron chi connectivity index (χ0n) is 7.53. The Kier molecular flexibility index (Phi) is 3.07. The smallest absolute Gasteiger partial charge is 0.114 e. The third kappa shape index (κ3) is 1.93. The normalized spacial score (nSPS) is 13.1. The van der Waals surface area contributed by atoms with Crippen LogP contribution in [0.4, 0.5) is 0 Å². The van der Waals surface area contributed by atoms with E-state index in [1.165, 1.54) is 4.88 Å². The summed E-state index contributed by atoms with van der Waals surface area (Å²) in [6.45, 7) is 2.04. The number of hydrogen-bond acceptors (Lipinski definition) is 3. The lowest BCUT2D eigenvalue weighted by Gasteiger charge is -2.04. The molecule has 1 nitrogen and oxygen atoms in total. The predicted molar refractivity (Wildman–Crippen MR) is 65.1 cm³/mol. The zero-order valence-corrected chi connectivity index (χ0v) is 10.7. The summed E-state index contributed by atoms with van der Waals surface area (Å²) in [7, 11) is 0. The molecule has 14 heavy (non-hydrogen) atoms. The number of rotatable bonds is 2. The Hall–Kier alpha value is -0.160. The summed E-state index contributed by atoms with van der Waals surface area (Å²) < 4.78 is 1.08. The first-order chi connectivity index (χ1) is 6.68. The lowest BCUT2D eigenvalue weighted by Crippen LogP contribution is -1.93. The van der Waals surface area contributed by atoms with Gasteiger partial charge in [0.2, 0.25) is 0 Å². The second-order valence-corrected chi connectivity index (χ2v) is 5.93. The first kappa shape index (κ1) is 10.4. The van der Waals surface area contributed by atoms with Gasteiger partial charge >= 0.3 is 0 Å². The van der Waals surface area contributed by atoms with Crippen LogP contribution in [0.1, 0.15) is 21.4 Å². The van der Waals surface area contributed by atoms with Crippen LogP contribution in [0.5, 0.6) is 0 Å². The van der Waals surface area contributed by atoms with Crippen molar-refractivity contribution in [3.05, 3.63) is 42.7 Å². The third-order valence-corrected chi connectivity index (χ3v) is 4.90. The number of aryl methyl sites for hydroxylation is 1. The van der Waals surface area contributed by atoms with Crippen LogP contribution in [-0.2, 0) is 0 Å². The van der Waals surface area contributed by atoms with Gasteiger partial charge in [-0.05, 0) is 51.3 Å². The van der Waals surface area contributed by atoms with E-state index in [0.717, 1.165) is 14.9 Å². The average molecular weight is 289 g/mol. The first-order valence-corrected chi connectivity index (χ1v) is 6.69. The minimum Gasteiger partial charge on any atom is -0.383 e. The Labute approximate surface area is 99.2 Å². The molecule has 0 fully saturated rings. The molecule has 0 bridgehead atoms. The topological polar surface area (TPSA) is 20.2 Å². The van der Waals surface area contributed by atoms with Gasteiger partial charge in [0, 0.05) is 14.2 Å². The molecule has 2 heterocycles. The molecule has 0 spiro atoms. The molecular formula is C10H9BrOS2. The molecule has 1 atom stereocenters. The Balaban J connectivity index is 2.32. The van der Waals surface area contributed by atoms with Gasteiger partial charge in [0.15, 0.2) is 0 Å². The van der Waals surface area contributed by atoms with Gasteiger partial charge in [0.1, 0.15) is 6.10 Å². The van der Waals surface area contributed by atoms with E-state index in [-0.39, 0.29) is 0 Å². The highest BCUT2D eigenvalue weighted by Crippen LogP contribution is 2.34. The second-order valence-electron chi connectivity index (χ2n) is 3.01. The minimum absolute atomic E-state index is 0.476. The van der Waals surface area contributed by atoms with E-state index in [2.05, 4.69) is 15.9 Å². The Morgan fingerprint density at radius 1 is 1.50 bits per heavy atom. The van der Waals surface area contributed by atoms with Gasteiger partial charge in [-0.2, -0.15) is 11.3 Å². The molecule has 74 valence electrons. The fourth-order valence-electron chi connectivity index (χ4n) is 1.21. The molecule has 2 rings (SSSR count). The molecule has 0 aliphatic heterocycles. The lowest BCUT2D eigenvalue weighted by atomic mass is 10.2. The van der Waals surface area contributed by atoms with Gasteiger partial charge < -0.3 is 5.11 Å². The van der Waals surface area contributed by atoms with Crippen molar-refractivity contribution in [2.24, 2.45) is 0 Å². The zero-order chi connectivity index (χ0) is 10.1. The monoisotopic (exact) mass is 288 g/mol. The van der Waals surface area contributed by atoms with Crippen molar-refractivity contribution in [3.8, 4) is 0 Å². The summed E-state index contributed by atoms with van der Waals surface area (Å²) >= 11 is 6.68. The maximum atomic E-state index is 10.0. The molecular weight excluding hydrogens is 280 g/mol. The van der Waals surface area contributed by atoms with Crippen LogP contribution in [0.25, 0.3) is 0 Å². The number of halogens is 1. The summed E-state index contributed by atoms with van der Waals surface area (Å²) in [5.41, 5.74) is 0.976. The maximum absolute atomic E-state index is 10.0. The van der Waals surface area contributed by atoms with E-state index in [1.54, 1.807) is 22.7 Å². The average Bonchev–Trinajstić information content (AvgIpc) is 2.76. The predicted octanol–water partition coefficient (Wildman–Crippen LogP) is 3.96. The summed E-state index contributed by atoms with van der Waals surface area (Å²) in [4.78, 5) is 2.20. The van der Waals surface area contributed by atoms with Crippen molar-refractivity contribution in [2.75, 3.05) is 0 Å². The highest BCUT2D eigenvalue weighted by Gasteiger charge is 2.14. The molecule has 0 saturated heterocycles. The van der Waals surface area contributed by atoms with Gasteiger partial charge in [-0.15, -0.1) is 11.3 Å². The minimum atomic E-state index is -0.476. The summed E-state index contributed by atoms with van der Waals surface area (Å²) in [6, 6.07) is 3.95. The maximum Gasteiger partial charge on any atom is 0.114 e. The molecule has 2 aromatic heterocycles. The fourth-order valence-corrected chi connectivity index (χ4v) is 3.47. The van der Waals surface area contributed by atoms with Gasteiger partial charge in [-0.3, -0.25) is 0 Å². The second kappa shape index (κ2) is 4.14. The number of aliphatic hydroxyl groups is 1. The Morgan fingerprint density at radius 2 is 2.29 bits per heavy atom. The molecule has 0 aromatic carbocycles. The van der Waals surface area contributed by atoms with Crippen molar-refractivity contribution in [2.45, 2.75) is 13.0 Å². The highest BCUT2D eigenvalue weighted by molar-refractivity contribution is 9.10. The van der Waals surface area contributed by atoms with Crippen molar-refractivity contribution >= 4 is 38.6 Å². The standard InChI is InChI=1S/C10H9BrOS2/c1-6-8(11)4-9(14-6)10(12)7-2-3-13-5-7/h2-5,10,12H,1H3. The van der Waals surface area contributed by atoms with E-state index >= 15 is 0 Å². The molecule has 1 N–H and O–H groups in total. The van der Waals surface area contributed by atoms with Gasteiger partial charge in [0.25, 0.3) is 0 Å². The highest BCUT2D eigenvalue weighted by atomic mass is 79.9. The van der Waals surface area contributed by atoms with Crippen LogP contribution in [0, 0.1) is 6.92 Å². The summed E-state index contributed by atoms with van der Waals surface area (Å²) in [6.07, 6.45) is -0.476. The molecule has 2 aromatic rings. The van der Waals surface area contributed by atoms with Gasteiger partial charge in [-0.25, -0.2) is 0 Å². The van der Waals surface area contributed by atoms with E-state index in [0.29, 0.717) is 0 Å². The van der Waals surface area contributed by atoms with Gasteiger partial charge in [-0.1, -0.05) is 0 Å². The fraction of sp³-hybridized carbons (Fsp3) is 0.200. The molecule has 0 amide bonds. The van der Waals surface area contributed by atoms with Crippen LogP contribution in [0.15, 0.2) is 27.4 Å². The van der Waals surface area contributed by atoms with Crippen LogP contribution in [0.3, 0.4) is 0 Å². The van der Waals surface area contributed by atoms with E-state index in [1.807, 2.05) is 29.8 Å². The first-order valence-electron chi connectivity index (χ1n) is 4.14. The van der Waals surface area contributed by atoms with Gasteiger partial charge in [0.05, 0.1) is 0 Å². The number of hydrogen-bond donors (Lipinski definition) is 1. The third-order valence-electron chi connectivity index (χ3n) is 2.00. The molecule has 0 radical (unpaired) electrons. The number of thiophene rings is 2. The molecule has 0 aliphatic rings. The molecule has 4 heteroatoms.